The highest BCUT2D eigenvalue weighted by molar-refractivity contribution is 5.13. The molecule has 0 saturated heterocycles. The predicted molar refractivity (Wildman–Crippen MR) is 77.7 cm³/mol. The monoisotopic (exact) mass is 251 g/mol. The Bertz CT molecular complexity index is 340. The minimum absolute atomic E-state index is 0.445. The van der Waals surface area contributed by atoms with Crippen LogP contribution >= 0.6 is 0 Å². The molecule has 0 amide bonds. The van der Waals surface area contributed by atoms with E-state index in [-0.39, 0.29) is 0 Å². The highest BCUT2D eigenvalue weighted by Crippen LogP contribution is 2.25. The van der Waals surface area contributed by atoms with Crippen molar-refractivity contribution in [3.63, 3.8) is 0 Å². The molecule has 1 aromatic heterocycles. The molecule has 0 bridgehead atoms. The van der Waals surface area contributed by atoms with Gasteiger partial charge in [0, 0.05) is 13.1 Å². The molecule has 0 aliphatic heterocycles. The van der Waals surface area contributed by atoms with Gasteiger partial charge in [0.15, 0.2) is 0 Å². The van der Waals surface area contributed by atoms with Crippen molar-refractivity contribution in [1.29, 1.82) is 0 Å². The number of aryl methyl sites for hydroxylation is 2. The van der Waals surface area contributed by atoms with Crippen molar-refractivity contribution < 1.29 is 0 Å². The number of hydrogen-bond donors (Lipinski definition) is 1. The average molecular weight is 251 g/mol. The maximum Gasteiger partial charge on any atom is 0.0597 e. The maximum atomic E-state index is 4.48. The van der Waals surface area contributed by atoms with Crippen molar-refractivity contribution in [2.75, 3.05) is 6.54 Å². The van der Waals surface area contributed by atoms with Crippen LogP contribution < -0.4 is 5.32 Å². The van der Waals surface area contributed by atoms with Crippen LogP contribution in [-0.2, 0) is 7.05 Å². The van der Waals surface area contributed by atoms with Crippen LogP contribution in [0.25, 0.3) is 0 Å². The van der Waals surface area contributed by atoms with Crippen LogP contribution in [0, 0.1) is 12.8 Å². The lowest BCUT2D eigenvalue weighted by Gasteiger charge is -2.23. The van der Waals surface area contributed by atoms with E-state index >= 15 is 0 Å². The van der Waals surface area contributed by atoms with Crippen LogP contribution in [0.5, 0.6) is 0 Å². The number of aromatic nitrogens is 2. The van der Waals surface area contributed by atoms with E-state index in [1.807, 2.05) is 4.68 Å². The van der Waals surface area contributed by atoms with Crippen LogP contribution in [0.4, 0.5) is 0 Å². The summed E-state index contributed by atoms with van der Waals surface area (Å²) in [6, 6.07) is 2.66. The van der Waals surface area contributed by atoms with E-state index in [4.69, 9.17) is 0 Å². The van der Waals surface area contributed by atoms with E-state index in [0.717, 1.165) is 18.2 Å². The Balaban J connectivity index is 2.80. The van der Waals surface area contributed by atoms with Crippen molar-refractivity contribution in [2.45, 2.75) is 59.4 Å². The molecule has 1 aromatic rings. The van der Waals surface area contributed by atoms with Gasteiger partial charge in [0.25, 0.3) is 0 Å². The lowest BCUT2D eigenvalue weighted by molar-refractivity contribution is 0.359. The predicted octanol–water partition coefficient (Wildman–Crippen LogP) is 3.60. The smallest absolute Gasteiger partial charge is 0.0597 e. The Morgan fingerprint density at radius 2 is 1.94 bits per heavy atom. The summed E-state index contributed by atoms with van der Waals surface area (Å²) < 4.78 is 2.03. The van der Waals surface area contributed by atoms with Gasteiger partial charge in [0.05, 0.1) is 11.4 Å². The minimum atomic E-state index is 0.445. The molecular weight excluding hydrogens is 222 g/mol. The fourth-order valence-electron chi connectivity index (χ4n) is 2.54. The summed E-state index contributed by atoms with van der Waals surface area (Å²) in [5, 5.41) is 8.15. The molecule has 18 heavy (non-hydrogen) atoms. The second-order valence-corrected chi connectivity index (χ2v) is 5.26. The van der Waals surface area contributed by atoms with E-state index in [1.165, 1.54) is 31.4 Å². The van der Waals surface area contributed by atoms with Crippen LogP contribution in [0.1, 0.15) is 63.9 Å². The van der Waals surface area contributed by atoms with Crippen molar-refractivity contribution in [3.05, 3.63) is 17.5 Å². The number of nitrogens with one attached hydrogen (secondary N) is 1. The third-order valence-corrected chi connectivity index (χ3v) is 3.76. The summed E-state index contributed by atoms with van der Waals surface area (Å²) in [6.45, 7) is 9.95. The van der Waals surface area contributed by atoms with Gasteiger partial charge in [0.2, 0.25) is 0 Å². The summed E-state index contributed by atoms with van der Waals surface area (Å²) >= 11 is 0. The van der Waals surface area contributed by atoms with E-state index in [2.05, 4.69) is 51.2 Å². The molecular formula is C15H29N3. The zero-order valence-electron chi connectivity index (χ0n) is 12.7. The number of nitrogens with zero attached hydrogens (tertiary/aromatic N) is 2. The molecule has 0 fully saturated rings. The molecule has 104 valence electrons. The van der Waals surface area contributed by atoms with Gasteiger partial charge in [-0.15, -0.1) is 0 Å². The zero-order valence-corrected chi connectivity index (χ0v) is 12.7. The maximum absolute atomic E-state index is 4.48. The molecule has 0 saturated carbocycles. The number of rotatable bonds is 8. The van der Waals surface area contributed by atoms with Crippen LogP contribution in [0.15, 0.2) is 6.07 Å². The van der Waals surface area contributed by atoms with Crippen molar-refractivity contribution in [2.24, 2.45) is 13.0 Å². The highest BCUT2D eigenvalue weighted by Gasteiger charge is 2.18. The molecule has 1 atom stereocenters. The van der Waals surface area contributed by atoms with Crippen molar-refractivity contribution >= 4 is 0 Å². The summed E-state index contributed by atoms with van der Waals surface area (Å²) in [5.74, 6) is 0.801. The molecule has 3 nitrogen and oxygen atoms in total. The lowest BCUT2D eigenvalue weighted by Crippen LogP contribution is -2.26. The second-order valence-electron chi connectivity index (χ2n) is 5.26. The van der Waals surface area contributed by atoms with E-state index in [9.17, 15) is 0 Å². The molecule has 1 heterocycles. The third kappa shape index (κ3) is 4.13. The van der Waals surface area contributed by atoms with Crippen LogP contribution in [0.2, 0.25) is 0 Å². The first kappa shape index (κ1) is 15.2. The fraction of sp³-hybridized carbons (Fsp3) is 0.800. The largest absolute Gasteiger partial charge is 0.309 e. The first-order chi connectivity index (χ1) is 8.62. The standard InChI is InChI=1S/C15H29N3/c1-6-9-16-14(11-13(7-2)8-3)15-10-12(4)17-18(15)5/h10,13-14,16H,6-9,11H2,1-5H3. The van der Waals surface area contributed by atoms with E-state index in [0.29, 0.717) is 6.04 Å². The summed E-state index contributed by atoms with van der Waals surface area (Å²) in [5.41, 5.74) is 2.44. The Labute approximate surface area is 112 Å². The zero-order chi connectivity index (χ0) is 13.5. The quantitative estimate of drug-likeness (QED) is 0.765. The first-order valence-corrected chi connectivity index (χ1v) is 7.36. The van der Waals surface area contributed by atoms with E-state index < -0.39 is 0 Å². The Kier molecular flexibility index (Phi) is 6.41. The van der Waals surface area contributed by atoms with Crippen molar-refractivity contribution in [1.82, 2.24) is 15.1 Å². The van der Waals surface area contributed by atoms with Gasteiger partial charge in [-0.1, -0.05) is 33.6 Å². The third-order valence-electron chi connectivity index (χ3n) is 3.76. The Morgan fingerprint density at radius 3 is 2.39 bits per heavy atom. The molecule has 0 aromatic carbocycles. The van der Waals surface area contributed by atoms with Gasteiger partial charge in [-0.3, -0.25) is 4.68 Å². The fourth-order valence-corrected chi connectivity index (χ4v) is 2.54. The van der Waals surface area contributed by atoms with Crippen molar-refractivity contribution in [3.8, 4) is 0 Å². The summed E-state index contributed by atoms with van der Waals surface area (Å²) in [7, 11) is 2.05. The molecule has 0 aliphatic carbocycles. The Morgan fingerprint density at radius 1 is 1.28 bits per heavy atom. The van der Waals surface area contributed by atoms with Gasteiger partial charge < -0.3 is 5.32 Å². The summed E-state index contributed by atoms with van der Waals surface area (Å²) in [4.78, 5) is 0. The SMILES string of the molecule is CCCNC(CC(CC)CC)c1cc(C)nn1C. The van der Waals surface area contributed by atoms with Gasteiger partial charge >= 0.3 is 0 Å². The molecule has 1 unspecified atom stereocenters. The van der Waals surface area contributed by atoms with Crippen LogP contribution in [-0.4, -0.2) is 16.3 Å². The average Bonchev–Trinajstić information content (AvgIpc) is 2.69. The molecule has 0 aliphatic rings. The molecule has 3 heteroatoms. The summed E-state index contributed by atoms with van der Waals surface area (Å²) in [6.07, 6.45) is 4.91. The molecule has 1 rings (SSSR count). The Hall–Kier alpha value is -0.830. The number of hydrogen-bond acceptors (Lipinski definition) is 2. The van der Waals surface area contributed by atoms with Gasteiger partial charge in [-0.05, 0) is 38.3 Å². The lowest BCUT2D eigenvalue weighted by atomic mass is 9.93. The topological polar surface area (TPSA) is 29.9 Å². The minimum Gasteiger partial charge on any atom is -0.309 e. The normalized spacial score (nSPS) is 13.2. The van der Waals surface area contributed by atoms with Crippen LogP contribution in [0.3, 0.4) is 0 Å². The highest BCUT2D eigenvalue weighted by atomic mass is 15.3. The first-order valence-electron chi connectivity index (χ1n) is 7.36. The van der Waals surface area contributed by atoms with Gasteiger partial charge in [-0.25, -0.2) is 0 Å². The van der Waals surface area contributed by atoms with Gasteiger partial charge in [-0.2, -0.15) is 5.10 Å². The molecule has 0 spiro atoms. The second kappa shape index (κ2) is 7.57. The van der Waals surface area contributed by atoms with Gasteiger partial charge in [0.1, 0.15) is 0 Å². The molecule has 1 N–H and O–H groups in total. The molecule has 0 radical (unpaired) electrons. The van der Waals surface area contributed by atoms with E-state index in [1.54, 1.807) is 0 Å².